The molecule has 1 heterocycles. The monoisotopic (exact) mass is 497 g/mol. The van der Waals surface area contributed by atoms with Crippen molar-refractivity contribution < 1.29 is 65.6 Å². The summed E-state index contributed by atoms with van der Waals surface area (Å²) in [6, 6.07) is -1.94. The van der Waals surface area contributed by atoms with Crippen LogP contribution in [0.15, 0.2) is 11.6 Å². The number of ether oxygens (including phenoxy) is 2. The summed E-state index contributed by atoms with van der Waals surface area (Å²) in [6.07, 6.45) is -15.7. The van der Waals surface area contributed by atoms with E-state index in [1.54, 1.807) is 0 Å². The molecule has 3 rings (SSSR count). The zero-order valence-corrected chi connectivity index (χ0v) is 18.2. The molecule has 14 heteroatoms. The second kappa shape index (κ2) is 11.5. The van der Waals surface area contributed by atoms with Crippen LogP contribution in [0.5, 0.6) is 0 Å². The summed E-state index contributed by atoms with van der Waals surface area (Å²) in [7, 11) is 0. The molecule has 0 aromatic rings. The first-order valence-corrected chi connectivity index (χ1v) is 11.1. The average Bonchev–Trinajstić information content (AvgIpc) is 2.83. The summed E-state index contributed by atoms with van der Waals surface area (Å²) in [5.41, 5.74) is 0.0590. The summed E-state index contributed by atoms with van der Waals surface area (Å²) in [4.78, 5) is 0. The maximum atomic E-state index is 10.7. The highest BCUT2D eigenvalue weighted by Gasteiger charge is 2.50. The smallest absolute Gasteiger partial charge is 0.187 e. The van der Waals surface area contributed by atoms with Crippen LogP contribution in [0, 0.1) is 5.92 Å². The molecule has 0 amide bonds. The lowest BCUT2D eigenvalue weighted by molar-refractivity contribution is -0.328. The summed E-state index contributed by atoms with van der Waals surface area (Å²) in [6.45, 7) is -1.80. The molecule has 0 radical (unpaired) electrons. The third-order valence-electron chi connectivity index (χ3n) is 6.90. The first-order valence-electron chi connectivity index (χ1n) is 11.1. The van der Waals surface area contributed by atoms with Crippen molar-refractivity contribution in [1.29, 1.82) is 0 Å². The Bertz CT molecular complexity index is 693. The van der Waals surface area contributed by atoms with Crippen LogP contribution in [-0.2, 0) is 9.47 Å². The standard InChI is InChI=1S/C20H35NO13/c22-3-6-1-8(12(26)15(29)11(6)25)21-9-2-7(4-23)19(17(31)13(9)27)34-20-18(32)16(30)14(28)10(5-24)33-20/h1,7-32H,2-5H2/t7-,8-,9-,10+,11-,12+,13-,14+,15-,16-,17-,18+,19-,20-/m1/s1. The third-order valence-corrected chi connectivity index (χ3v) is 6.90. The number of nitrogens with one attached hydrogen (secondary N) is 1. The van der Waals surface area contributed by atoms with Gasteiger partial charge < -0.3 is 71.0 Å². The van der Waals surface area contributed by atoms with Gasteiger partial charge in [0.1, 0.15) is 48.8 Å². The Morgan fingerprint density at radius 3 is 2.06 bits per heavy atom. The molecule has 1 saturated carbocycles. The van der Waals surface area contributed by atoms with Crippen molar-refractivity contribution in [3.63, 3.8) is 0 Å². The van der Waals surface area contributed by atoms with Gasteiger partial charge >= 0.3 is 0 Å². The summed E-state index contributed by atoms with van der Waals surface area (Å²) >= 11 is 0. The van der Waals surface area contributed by atoms with Gasteiger partial charge in [-0.15, -0.1) is 0 Å². The highest BCUT2D eigenvalue weighted by molar-refractivity contribution is 5.22. The van der Waals surface area contributed by atoms with E-state index in [2.05, 4.69) is 5.32 Å². The fourth-order valence-electron chi connectivity index (χ4n) is 4.77. The fraction of sp³-hybridized carbons (Fsp3) is 0.900. The summed E-state index contributed by atoms with van der Waals surface area (Å²) < 4.78 is 10.9. The topological polar surface area (TPSA) is 253 Å². The van der Waals surface area contributed by atoms with Gasteiger partial charge in [-0.05, 0) is 12.0 Å². The number of hydrogen-bond acceptors (Lipinski definition) is 14. The fourth-order valence-corrected chi connectivity index (χ4v) is 4.77. The maximum absolute atomic E-state index is 10.7. The number of hydrogen-bond donors (Lipinski definition) is 12. The minimum Gasteiger partial charge on any atom is -0.396 e. The van der Waals surface area contributed by atoms with Crippen LogP contribution in [0.1, 0.15) is 6.42 Å². The summed E-state index contributed by atoms with van der Waals surface area (Å²) in [5.74, 6) is -0.833. The highest BCUT2D eigenvalue weighted by Crippen LogP contribution is 2.33. The van der Waals surface area contributed by atoms with Crippen molar-refractivity contribution in [2.75, 3.05) is 19.8 Å². The first kappa shape index (κ1) is 27.8. The average molecular weight is 497 g/mol. The van der Waals surface area contributed by atoms with Gasteiger partial charge in [-0.1, -0.05) is 6.08 Å². The Balaban J connectivity index is 1.73. The lowest BCUT2D eigenvalue weighted by Crippen LogP contribution is -2.66. The Hall–Kier alpha value is -0.820. The van der Waals surface area contributed by atoms with Gasteiger partial charge in [0, 0.05) is 18.6 Å². The number of aliphatic hydroxyl groups is 11. The Labute approximate surface area is 194 Å². The van der Waals surface area contributed by atoms with Crippen LogP contribution in [-0.4, -0.2) is 155 Å². The van der Waals surface area contributed by atoms with E-state index in [0.717, 1.165) is 0 Å². The Morgan fingerprint density at radius 1 is 0.794 bits per heavy atom. The van der Waals surface area contributed by atoms with Gasteiger partial charge in [-0.3, -0.25) is 0 Å². The van der Waals surface area contributed by atoms with E-state index in [1.807, 2.05) is 0 Å². The van der Waals surface area contributed by atoms with Crippen molar-refractivity contribution in [2.24, 2.45) is 5.92 Å². The molecule has 0 aromatic carbocycles. The van der Waals surface area contributed by atoms with Crippen molar-refractivity contribution >= 4 is 0 Å². The zero-order chi connectivity index (χ0) is 25.3. The van der Waals surface area contributed by atoms with E-state index in [-0.39, 0.29) is 12.0 Å². The maximum Gasteiger partial charge on any atom is 0.187 e. The van der Waals surface area contributed by atoms with E-state index < -0.39 is 105 Å². The molecule has 2 fully saturated rings. The molecule has 198 valence electrons. The van der Waals surface area contributed by atoms with Gasteiger partial charge in [0.15, 0.2) is 6.29 Å². The number of aliphatic hydroxyl groups excluding tert-OH is 11. The van der Waals surface area contributed by atoms with Crippen molar-refractivity contribution in [3.05, 3.63) is 11.6 Å². The van der Waals surface area contributed by atoms with E-state index in [1.165, 1.54) is 6.08 Å². The van der Waals surface area contributed by atoms with Gasteiger partial charge in [0.05, 0.1) is 31.5 Å². The van der Waals surface area contributed by atoms with Gasteiger partial charge in [-0.25, -0.2) is 0 Å². The predicted molar refractivity (Wildman–Crippen MR) is 110 cm³/mol. The normalized spacial score (nSPS) is 50.1. The van der Waals surface area contributed by atoms with Crippen LogP contribution >= 0.6 is 0 Å². The second-order valence-corrected chi connectivity index (χ2v) is 9.08. The van der Waals surface area contributed by atoms with Gasteiger partial charge in [0.2, 0.25) is 0 Å². The SMILES string of the molecule is OCC1=C[C@@H](N[C@@H]2C[C@H](CO)[C@@H](O[C@H]3O[C@@H](CO)[C@H](O)[C@@H](O)[C@@H]3O)[C@H](O)[C@@H]2O)[C@H](O)[C@H](O)[C@@H]1O. The van der Waals surface area contributed by atoms with E-state index in [9.17, 15) is 56.2 Å². The number of rotatable bonds is 7. The van der Waals surface area contributed by atoms with Crippen LogP contribution < -0.4 is 5.32 Å². The minimum atomic E-state index is -1.75. The molecule has 14 atom stereocenters. The van der Waals surface area contributed by atoms with Gasteiger partial charge in [-0.2, -0.15) is 0 Å². The molecule has 2 aliphatic carbocycles. The van der Waals surface area contributed by atoms with E-state index >= 15 is 0 Å². The molecule has 3 aliphatic rings. The minimum absolute atomic E-state index is 0.0129. The second-order valence-electron chi connectivity index (χ2n) is 9.08. The molecule has 14 nitrogen and oxygen atoms in total. The van der Waals surface area contributed by atoms with Crippen molar-refractivity contribution in [2.45, 2.75) is 85.8 Å². The molecule has 12 N–H and O–H groups in total. The Kier molecular flexibility index (Phi) is 9.38. The lowest BCUT2D eigenvalue weighted by atomic mass is 9.78. The molecular formula is C20H35NO13. The molecule has 1 saturated heterocycles. The van der Waals surface area contributed by atoms with Gasteiger partial charge in [0.25, 0.3) is 0 Å². The van der Waals surface area contributed by atoms with Crippen LogP contribution in [0.25, 0.3) is 0 Å². The van der Waals surface area contributed by atoms with Crippen LogP contribution in [0.3, 0.4) is 0 Å². The third kappa shape index (κ3) is 5.30. The van der Waals surface area contributed by atoms with E-state index in [0.29, 0.717) is 0 Å². The molecule has 1 aliphatic heterocycles. The van der Waals surface area contributed by atoms with Crippen LogP contribution in [0.2, 0.25) is 0 Å². The van der Waals surface area contributed by atoms with Crippen LogP contribution in [0.4, 0.5) is 0 Å². The molecule has 0 aromatic heterocycles. The molecule has 0 bridgehead atoms. The zero-order valence-electron chi connectivity index (χ0n) is 18.2. The predicted octanol–water partition coefficient (Wildman–Crippen LogP) is -6.75. The quantitative estimate of drug-likeness (QED) is 0.146. The molecule has 0 unspecified atom stereocenters. The van der Waals surface area contributed by atoms with Crippen molar-refractivity contribution in [3.8, 4) is 0 Å². The Morgan fingerprint density at radius 2 is 1.47 bits per heavy atom. The first-order chi connectivity index (χ1) is 16.0. The lowest BCUT2D eigenvalue weighted by Gasteiger charge is -2.47. The highest BCUT2D eigenvalue weighted by atomic mass is 16.7. The van der Waals surface area contributed by atoms with Crippen molar-refractivity contribution in [1.82, 2.24) is 5.32 Å². The largest absolute Gasteiger partial charge is 0.396 e. The molecular weight excluding hydrogens is 462 g/mol. The molecule has 34 heavy (non-hydrogen) atoms. The summed E-state index contributed by atoms with van der Waals surface area (Å²) in [5, 5.41) is 113. The van der Waals surface area contributed by atoms with E-state index in [4.69, 9.17) is 9.47 Å². The molecule has 0 spiro atoms.